The molecule has 1 fully saturated rings. The molecule has 1 N–H and O–H groups in total. The minimum Gasteiger partial charge on any atom is -0.493 e. The summed E-state index contributed by atoms with van der Waals surface area (Å²) in [6, 6.07) is 13.8. The number of aromatic nitrogens is 2. The second-order valence-electron chi connectivity index (χ2n) is 7.54. The van der Waals surface area contributed by atoms with Gasteiger partial charge in [-0.25, -0.2) is 0 Å². The van der Waals surface area contributed by atoms with Gasteiger partial charge in [0.15, 0.2) is 11.5 Å². The van der Waals surface area contributed by atoms with Gasteiger partial charge in [-0.2, -0.15) is 4.98 Å². The fourth-order valence-corrected chi connectivity index (χ4v) is 3.77. The first kappa shape index (κ1) is 20.7. The van der Waals surface area contributed by atoms with Gasteiger partial charge in [0.25, 0.3) is 0 Å². The van der Waals surface area contributed by atoms with E-state index < -0.39 is 0 Å². The van der Waals surface area contributed by atoms with Crippen LogP contribution in [0.2, 0.25) is 0 Å². The number of benzene rings is 2. The molecule has 1 aliphatic heterocycles. The Balaban J connectivity index is 1.36. The molecular formula is C23H26N4O4. The van der Waals surface area contributed by atoms with Gasteiger partial charge in [0, 0.05) is 36.3 Å². The number of piperidine rings is 1. The lowest BCUT2D eigenvalue weighted by Gasteiger charge is -2.29. The zero-order valence-electron chi connectivity index (χ0n) is 17.9. The smallest absolute Gasteiger partial charge is 0.324 e. The number of hydrogen-bond acceptors (Lipinski definition) is 7. The summed E-state index contributed by atoms with van der Waals surface area (Å²) >= 11 is 0. The lowest BCUT2D eigenvalue weighted by molar-refractivity contribution is -0.120. The number of carbonyl (C=O) groups is 1. The molecule has 0 spiro atoms. The maximum atomic E-state index is 12.7. The Labute approximate surface area is 181 Å². The molecule has 3 aromatic rings. The molecule has 0 radical (unpaired) electrons. The Morgan fingerprint density at radius 3 is 2.55 bits per heavy atom. The highest BCUT2D eigenvalue weighted by Crippen LogP contribution is 2.31. The predicted molar refractivity (Wildman–Crippen MR) is 118 cm³/mol. The predicted octanol–water partition coefficient (Wildman–Crippen LogP) is 3.92. The molecule has 1 aliphatic rings. The van der Waals surface area contributed by atoms with E-state index in [9.17, 15) is 4.79 Å². The minimum absolute atomic E-state index is 0.00185. The van der Waals surface area contributed by atoms with Gasteiger partial charge < -0.3 is 24.2 Å². The summed E-state index contributed by atoms with van der Waals surface area (Å²) in [5.74, 6) is 1.71. The Morgan fingerprint density at radius 2 is 1.84 bits per heavy atom. The molecule has 0 unspecified atom stereocenters. The number of anilines is 2. The van der Waals surface area contributed by atoms with Crippen LogP contribution in [-0.4, -0.2) is 43.4 Å². The molecule has 2 aromatic carbocycles. The number of aryl methyl sites for hydroxylation is 1. The standard InChI is InChI=1S/C23H26N4O4/c1-15-6-4-5-7-18(15)21-25-23(31-26-21)27-12-10-16(11-13-27)22(28)24-17-8-9-19(29-2)20(14-17)30-3/h4-9,14,16H,10-13H2,1-3H3,(H,24,28). The summed E-state index contributed by atoms with van der Waals surface area (Å²) in [5, 5.41) is 7.11. The van der Waals surface area contributed by atoms with Gasteiger partial charge in [0.05, 0.1) is 14.2 Å². The zero-order chi connectivity index (χ0) is 21.8. The molecule has 0 atom stereocenters. The minimum atomic E-state index is -0.0805. The van der Waals surface area contributed by atoms with Crippen molar-refractivity contribution in [2.45, 2.75) is 19.8 Å². The van der Waals surface area contributed by atoms with Gasteiger partial charge in [-0.3, -0.25) is 4.79 Å². The van der Waals surface area contributed by atoms with Gasteiger partial charge in [-0.1, -0.05) is 29.4 Å². The number of rotatable bonds is 6. The molecule has 31 heavy (non-hydrogen) atoms. The summed E-state index contributed by atoms with van der Waals surface area (Å²) in [6.07, 6.45) is 1.42. The van der Waals surface area contributed by atoms with E-state index in [0.29, 0.717) is 55.0 Å². The topological polar surface area (TPSA) is 89.7 Å². The van der Waals surface area contributed by atoms with Crippen molar-refractivity contribution in [1.29, 1.82) is 0 Å². The van der Waals surface area contributed by atoms with Crippen LogP contribution in [0.3, 0.4) is 0 Å². The number of carbonyl (C=O) groups excluding carboxylic acids is 1. The van der Waals surface area contributed by atoms with Gasteiger partial charge in [-0.05, 0) is 37.5 Å². The fourth-order valence-electron chi connectivity index (χ4n) is 3.77. The molecule has 0 aliphatic carbocycles. The normalized spacial score (nSPS) is 14.4. The van der Waals surface area contributed by atoms with Crippen molar-refractivity contribution in [2.24, 2.45) is 5.92 Å². The zero-order valence-corrected chi connectivity index (χ0v) is 17.9. The van der Waals surface area contributed by atoms with Crippen LogP contribution in [-0.2, 0) is 4.79 Å². The van der Waals surface area contributed by atoms with Crippen LogP contribution in [0.5, 0.6) is 11.5 Å². The number of amides is 1. The Morgan fingerprint density at radius 1 is 1.10 bits per heavy atom. The van der Waals surface area contributed by atoms with E-state index in [-0.39, 0.29) is 11.8 Å². The fraction of sp³-hybridized carbons (Fsp3) is 0.348. The van der Waals surface area contributed by atoms with E-state index in [1.165, 1.54) is 0 Å². The molecule has 8 nitrogen and oxygen atoms in total. The number of hydrogen-bond donors (Lipinski definition) is 1. The number of ether oxygens (including phenoxy) is 2. The third kappa shape index (κ3) is 4.47. The summed E-state index contributed by atoms with van der Waals surface area (Å²) in [7, 11) is 3.15. The summed E-state index contributed by atoms with van der Waals surface area (Å²) in [5.41, 5.74) is 2.74. The van der Waals surface area contributed by atoms with E-state index in [1.807, 2.05) is 36.1 Å². The second kappa shape index (κ2) is 9.07. The lowest BCUT2D eigenvalue weighted by atomic mass is 9.96. The molecule has 8 heteroatoms. The number of nitrogens with one attached hydrogen (secondary N) is 1. The van der Waals surface area contributed by atoms with Gasteiger partial charge in [0.1, 0.15) is 0 Å². The molecule has 0 bridgehead atoms. The molecule has 1 saturated heterocycles. The van der Waals surface area contributed by atoms with Crippen LogP contribution in [0.1, 0.15) is 18.4 Å². The van der Waals surface area contributed by atoms with Crippen LogP contribution in [0.4, 0.5) is 11.7 Å². The summed E-state index contributed by atoms with van der Waals surface area (Å²) in [6.45, 7) is 3.38. The average molecular weight is 422 g/mol. The first-order valence-corrected chi connectivity index (χ1v) is 10.3. The van der Waals surface area contributed by atoms with Crippen molar-refractivity contribution < 1.29 is 18.8 Å². The van der Waals surface area contributed by atoms with Crippen molar-refractivity contribution >= 4 is 17.6 Å². The summed E-state index contributed by atoms with van der Waals surface area (Å²) < 4.78 is 16.0. The highest BCUT2D eigenvalue weighted by atomic mass is 16.5. The first-order chi connectivity index (χ1) is 15.1. The van der Waals surface area contributed by atoms with E-state index in [1.54, 1.807) is 32.4 Å². The van der Waals surface area contributed by atoms with Crippen LogP contribution in [0.25, 0.3) is 11.4 Å². The third-order valence-corrected chi connectivity index (χ3v) is 5.59. The number of methoxy groups -OCH3 is 2. The number of nitrogens with zero attached hydrogens (tertiary/aromatic N) is 3. The lowest BCUT2D eigenvalue weighted by Crippen LogP contribution is -2.38. The molecule has 0 saturated carbocycles. The average Bonchev–Trinajstić information content (AvgIpc) is 3.29. The largest absolute Gasteiger partial charge is 0.493 e. The summed E-state index contributed by atoms with van der Waals surface area (Å²) in [4.78, 5) is 19.3. The van der Waals surface area contributed by atoms with Gasteiger partial charge in [0.2, 0.25) is 11.7 Å². The van der Waals surface area contributed by atoms with Crippen molar-refractivity contribution in [3.05, 3.63) is 48.0 Å². The second-order valence-corrected chi connectivity index (χ2v) is 7.54. The van der Waals surface area contributed by atoms with Crippen LogP contribution < -0.4 is 19.7 Å². The van der Waals surface area contributed by atoms with Gasteiger partial charge in [-0.15, -0.1) is 0 Å². The third-order valence-electron chi connectivity index (χ3n) is 5.59. The quantitative estimate of drug-likeness (QED) is 0.644. The molecule has 1 amide bonds. The highest BCUT2D eigenvalue weighted by Gasteiger charge is 2.28. The van der Waals surface area contributed by atoms with E-state index in [0.717, 1.165) is 11.1 Å². The highest BCUT2D eigenvalue weighted by molar-refractivity contribution is 5.93. The van der Waals surface area contributed by atoms with Crippen molar-refractivity contribution in [3.8, 4) is 22.9 Å². The maximum Gasteiger partial charge on any atom is 0.324 e. The SMILES string of the molecule is COc1ccc(NC(=O)C2CCN(c3nc(-c4ccccc4C)no3)CC2)cc1OC. The monoisotopic (exact) mass is 422 g/mol. The van der Waals surface area contributed by atoms with Crippen molar-refractivity contribution in [3.63, 3.8) is 0 Å². The maximum absolute atomic E-state index is 12.7. The molecule has 1 aromatic heterocycles. The van der Waals surface area contributed by atoms with Crippen LogP contribution in [0, 0.1) is 12.8 Å². The molecule has 2 heterocycles. The van der Waals surface area contributed by atoms with Crippen LogP contribution in [0.15, 0.2) is 47.0 Å². The Bertz CT molecular complexity index is 1060. The van der Waals surface area contributed by atoms with Crippen molar-refractivity contribution in [1.82, 2.24) is 10.1 Å². The van der Waals surface area contributed by atoms with E-state index in [2.05, 4.69) is 15.5 Å². The molecule has 162 valence electrons. The van der Waals surface area contributed by atoms with Crippen LogP contribution >= 0.6 is 0 Å². The van der Waals surface area contributed by atoms with E-state index in [4.69, 9.17) is 14.0 Å². The first-order valence-electron chi connectivity index (χ1n) is 10.3. The van der Waals surface area contributed by atoms with Gasteiger partial charge >= 0.3 is 6.01 Å². The van der Waals surface area contributed by atoms with Crippen molar-refractivity contribution in [2.75, 3.05) is 37.5 Å². The Kier molecular flexibility index (Phi) is 6.06. The Hall–Kier alpha value is -3.55. The molecule has 4 rings (SSSR count). The van der Waals surface area contributed by atoms with E-state index >= 15 is 0 Å². The molecular weight excluding hydrogens is 396 g/mol.